The van der Waals surface area contributed by atoms with Crippen LogP contribution in [0.25, 0.3) is 16.7 Å². The number of ether oxygens (including phenoxy) is 1. The van der Waals surface area contributed by atoms with Crippen molar-refractivity contribution in [3.05, 3.63) is 99.5 Å². The third-order valence-electron chi connectivity index (χ3n) is 7.10. The van der Waals surface area contributed by atoms with Crippen molar-refractivity contribution in [1.82, 2.24) is 9.80 Å². The van der Waals surface area contributed by atoms with E-state index in [1.54, 1.807) is 11.0 Å². The van der Waals surface area contributed by atoms with E-state index in [1.807, 2.05) is 62.1 Å². The van der Waals surface area contributed by atoms with Gasteiger partial charge in [0.2, 0.25) is 0 Å². The monoisotopic (exact) mass is 576 g/mol. The molecule has 5 nitrogen and oxygen atoms in total. The van der Waals surface area contributed by atoms with Crippen molar-refractivity contribution in [3.8, 4) is 11.1 Å². The number of benzene rings is 3. The van der Waals surface area contributed by atoms with Gasteiger partial charge in [-0.1, -0.05) is 71.7 Å². The summed E-state index contributed by atoms with van der Waals surface area (Å²) in [6, 6.07) is 24.0. The van der Waals surface area contributed by atoms with Gasteiger partial charge in [0.25, 0.3) is 5.91 Å². The molecule has 7 heteroatoms. The average Bonchev–Trinajstić information content (AvgIpc) is 3.76. The van der Waals surface area contributed by atoms with Crippen LogP contribution < -0.4 is 0 Å². The third kappa shape index (κ3) is 6.89. The van der Waals surface area contributed by atoms with Crippen LogP contribution in [0.2, 0.25) is 10.0 Å². The minimum Gasteiger partial charge on any atom is -0.444 e. The van der Waals surface area contributed by atoms with Gasteiger partial charge in [0, 0.05) is 34.7 Å². The molecule has 2 aliphatic rings. The van der Waals surface area contributed by atoms with Crippen LogP contribution in [0.5, 0.6) is 0 Å². The van der Waals surface area contributed by atoms with Crippen molar-refractivity contribution >= 4 is 40.8 Å². The first-order chi connectivity index (χ1) is 19.1. The van der Waals surface area contributed by atoms with Gasteiger partial charge in [-0.3, -0.25) is 4.79 Å². The van der Waals surface area contributed by atoms with Gasteiger partial charge in [0.15, 0.2) is 0 Å². The lowest BCUT2D eigenvalue weighted by molar-refractivity contribution is -0.128. The molecule has 0 spiro atoms. The van der Waals surface area contributed by atoms with Crippen molar-refractivity contribution < 1.29 is 14.3 Å². The van der Waals surface area contributed by atoms with Crippen LogP contribution in [-0.2, 0) is 16.1 Å². The van der Waals surface area contributed by atoms with Gasteiger partial charge in [0.1, 0.15) is 5.60 Å². The van der Waals surface area contributed by atoms with Crippen molar-refractivity contribution in [2.24, 2.45) is 0 Å². The minimum absolute atomic E-state index is 0.0630. The number of hydrogen-bond donors (Lipinski definition) is 0. The van der Waals surface area contributed by atoms with E-state index in [0.29, 0.717) is 35.1 Å². The molecule has 1 saturated carbocycles. The highest BCUT2D eigenvalue weighted by molar-refractivity contribution is 6.34. The zero-order valence-corrected chi connectivity index (χ0v) is 24.6. The Morgan fingerprint density at radius 3 is 2.20 bits per heavy atom. The highest BCUT2D eigenvalue weighted by atomic mass is 35.5. The van der Waals surface area contributed by atoms with E-state index in [1.165, 1.54) is 0 Å². The van der Waals surface area contributed by atoms with Gasteiger partial charge in [0.05, 0.1) is 6.54 Å². The van der Waals surface area contributed by atoms with Gasteiger partial charge in [-0.15, -0.1) is 0 Å². The first-order valence-electron chi connectivity index (χ1n) is 13.7. The second-order valence-corrected chi connectivity index (χ2v) is 12.4. The molecule has 3 aromatic rings. The lowest BCUT2D eigenvalue weighted by Crippen LogP contribution is -2.44. The Hall–Kier alpha value is -3.28. The highest BCUT2D eigenvalue weighted by Crippen LogP contribution is 2.36. The smallest absolute Gasteiger partial charge is 0.410 e. The number of hydrogen-bond acceptors (Lipinski definition) is 3. The Bertz CT molecular complexity index is 1420. The van der Waals surface area contributed by atoms with Crippen LogP contribution in [0, 0.1) is 0 Å². The SMILES string of the molecule is CC(C)(C)OC(=O)N1CCC(c2cccc(-c3ccccc3)c2)=C(C(=O)N(Cc2cc(Cl)cc(Cl)c2)C2CC2)C1. The zero-order chi connectivity index (χ0) is 28.4. The molecule has 2 amide bonds. The molecule has 0 aromatic heterocycles. The van der Waals surface area contributed by atoms with Gasteiger partial charge >= 0.3 is 6.09 Å². The summed E-state index contributed by atoms with van der Waals surface area (Å²) in [7, 11) is 0. The van der Waals surface area contributed by atoms with E-state index in [0.717, 1.165) is 40.7 Å². The minimum atomic E-state index is -0.624. The normalized spacial score (nSPS) is 15.7. The summed E-state index contributed by atoms with van der Waals surface area (Å²) in [6.45, 7) is 6.62. The Kier molecular flexibility index (Phi) is 8.25. The van der Waals surface area contributed by atoms with E-state index >= 15 is 0 Å². The fourth-order valence-corrected chi connectivity index (χ4v) is 5.67. The molecular weight excluding hydrogens is 543 g/mol. The number of amides is 2. The molecule has 1 aliphatic carbocycles. The second-order valence-electron chi connectivity index (χ2n) is 11.5. The Morgan fingerprint density at radius 1 is 0.900 bits per heavy atom. The van der Waals surface area contributed by atoms with E-state index in [-0.39, 0.29) is 18.5 Å². The largest absolute Gasteiger partial charge is 0.444 e. The quantitative estimate of drug-likeness (QED) is 0.297. The maximum atomic E-state index is 14.4. The fraction of sp³-hybridized carbons (Fsp3) is 0.333. The molecule has 0 bridgehead atoms. The second kappa shape index (κ2) is 11.7. The molecule has 1 aliphatic heterocycles. The molecule has 40 heavy (non-hydrogen) atoms. The molecule has 1 heterocycles. The fourth-order valence-electron chi connectivity index (χ4n) is 5.10. The van der Waals surface area contributed by atoms with E-state index in [2.05, 4.69) is 30.3 Å². The van der Waals surface area contributed by atoms with Gasteiger partial charge in [-0.25, -0.2) is 4.79 Å². The summed E-state index contributed by atoms with van der Waals surface area (Å²) in [4.78, 5) is 31.0. The van der Waals surface area contributed by atoms with Crippen molar-refractivity contribution in [1.29, 1.82) is 0 Å². The molecular formula is C33H34Cl2N2O3. The van der Waals surface area contributed by atoms with Crippen molar-refractivity contribution in [2.45, 2.75) is 58.2 Å². The Balaban J connectivity index is 1.53. The predicted molar refractivity (Wildman–Crippen MR) is 161 cm³/mol. The Morgan fingerprint density at radius 2 is 1.55 bits per heavy atom. The van der Waals surface area contributed by atoms with Crippen LogP contribution in [0.3, 0.4) is 0 Å². The first-order valence-corrected chi connectivity index (χ1v) is 14.4. The molecule has 208 valence electrons. The van der Waals surface area contributed by atoms with Gasteiger partial charge < -0.3 is 14.5 Å². The molecule has 3 aromatic carbocycles. The third-order valence-corrected chi connectivity index (χ3v) is 7.53. The summed E-state index contributed by atoms with van der Waals surface area (Å²) in [5.74, 6) is -0.0630. The first kappa shape index (κ1) is 28.3. The highest BCUT2D eigenvalue weighted by Gasteiger charge is 2.38. The van der Waals surface area contributed by atoms with Crippen LogP contribution >= 0.6 is 23.2 Å². The number of carbonyl (C=O) groups excluding carboxylic acids is 2. The number of halogens is 2. The van der Waals surface area contributed by atoms with Crippen molar-refractivity contribution in [3.63, 3.8) is 0 Å². The molecule has 0 radical (unpaired) electrons. The maximum absolute atomic E-state index is 14.4. The number of carbonyl (C=O) groups is 2. The molecule has 1 fully saturated rings. The van der Waals surface area contributed by atoms with E-state index in [4.69, 9.17) is 27.9 Å². The van der Waals surface area contributed by atoms with E-state index < -0.39 is 11.7 Å². The molecule has 5 rings (SSSR count). The lowest BCUT2D eigenvalue weighted by atomic mass is 9.90. The summed E-state index contributed by atoms with van der Waals surface area (Å²) in [6.07, 6.45) is 2.04. The number of rotatable bonds is 6. The summed E-state index contributed by atoms with van der Waals surface area (Å²) in [5, 5.41) is 1.08. The summed E-state index contributed by atoms with van der Waals surface area (Å²) in [5.41, 5.74) is 5.04. The average molecular weight is 578 g/mol. The summed E-state index contributed by atoms with van der Waals surface area (Å²) < 4.78 is 5.68. The Labute approximate surface area is 246 Å². The molecule has 0 atom stereocenters. The van der Waals surface area contributed by atoms with Crippen LogP contribution in [-0.4, -0.2) is 46.5 Å². The van der Waals surface area contributed by atoms with E-state index in [9.17, 15) is 9.59 Å². The van der Waals surface area contributed by atoms with Crippen LogP contribution in [0.15, 0.2) is 78.4 Å². The predicted octanol–water partition coefficient (Wildman–Crippen LogP) is 8.25. The lowest BCUT2D eigenvalue weighted by Gasteiger charge is -2.34. The molecule has 0 saturated heterocycles. The zero-order valence-electron chi connectivity index (χ0n) is 23.1. The van der Waals surface area contributed by atoms with Crippen molar-refractivity contribution in [2.75, 3.05) is 13.1 Å². The maximum Gasteiger partial charge on any atom is 0.410 e. The standard InChI is InChI=1S/C33H34Cl2N2O3/c1-33(2,3)40-32(39)36-15-14-29(25-11-7-10-24(18-25)23-8-5-4-6-9-23)30(21-36)31(38)37(28-12-13-28)20-22-16-26(34)19-27(35)17-22/h4-11,16-19,28H,12-15,20-21H2,1-3H3. The van der Waals surface area contributed by atoms with Crippen LogP contribution in [0.1, 0.15) is 51.2 Å². The van der Waals surface area contributed by atoms with Crippen LogP contribution in [0.4, 0.5) is 4.79 Å². The van der Waals surface area contributed by atoms with Gasteiger partial charge in [-0.05, 0) is 92.1 Å². The van der Waals surface area contributed by atoms with Gasteiger partial charge in [-0.2, -0.15) is 0 Å². The topological polar surface area (TPSA) is 49.9 Å². The summed E-state index contributed by atoms with van der Waals surface area (Å²) >= 11 is 12.6. The number of nitrogens with zero attached hydrogens (tertiary/aromatic N) is 2. The molecule has 0 N–H and O–H groups in total. The molecule has 0 unspecified atom stereocenters.